The van der Waals surface area contributed by atoms with Gasteiger partial charge in [-0.3, -0.25) is 57.5 Å². The molecule has 21 N–H and O–H groups in total. The molecule has 0 saturated carbocycles. The summed E-state index contributed by atoms with van der Waals surface area (Å²) in [4.78, 5) is 168. The van der Waals surface area contributed by atoms with Crippen LogP contribution >= 0.6 is 0 Å². The number of aliphatic hydroxyl groups is 2. The van der Waals surface area contributed by atoms with E-state index in [9.17, 15) is 77.6 Å². The molecule has 406 valence electrons. The fraction of sp³-hybridized carbons (Fsp3) is 0.568. The number of carbonyl (C=O) groups excluding carboxylic acids is 12. The van der Waals surface area contributed by atoms with Crippen LogP contribution in [0.4, 0.5) is 0 Å². The van der Waals surface area contributed by atoms with E-state index in [4.69, 9.17) is 28.7 Å². The first-order chi connectivity index (χ1) is 33.9. The second kappa shape index (κ2) is 30.2. The van der Waals surface area contributed by atoms with Crippen molar-refractivity contribution in [2.24, 2.45) is 40.5 Å². The van der Waals surface area contributed by atoms with Crippen LogP contribution in [0.1, 0.15) is 79.2 Å². The summed E-state index contributed by atoms with van der Waals surface area (Å²) in [6, 6.07) is -6.94. The van der Waals surface area contributed by atoms with Gasteiger partial charge in [0.2, 0.25) is 70.9 Å². The number of aliphatic carboxylic acids is 1. The van der Waals surface area contributed by atoms with Crippen LogP contribution in [0.25, 0.3) is 0 Å². The van der Waals surface area contributed by atoms with Gasteiger partial charge in [-0.25, -0.2) is 4.79 Å². The van der Waals surface area contributed by atoms with E-state index in [1.807, 2.05) is 5.32 Å². The van der Waals surface area contributed by atoms with Crippen molar-refractivity contribution in [1.29, 1.82) is 0 Å². The molecule has 73 heavy (non-hydrogen) atoms. The Kier molecular flexibility index (Phi) is 26.1. The maximum atomic E-state index is 13.9. The number of hydrogen-bond acceptors (Lipinski definition) is 16. The predicted octanol–water partition coefficient (Wildman–Crippen LogP) is -7.52. The van der Waals surface area contributed by atoms with Gasteiger partial charge in [-0.2, -0.15) is 0 Å². The van der Waals surface area contributed by atoms with Gasteiger partial charge in [-0.1, -0.05) is 64.4 Å². The first-order valence-corrected chi connectivity index (χ1v) is 22.8. The molecule has 0 saturated heterocycles. The number of benzene rings is 1. The van der Waals surface area contributed by atoms with Crippen LogP contribution in [0.2, 0.25) is 0 Å². The van der Waals surface area contributed by atoms with Crippen molar-refractivity contribution in [3.8, 4) is 0 Å². The fourth-order valence-electron chi connectivity index (χ4n) is 6.71. The molecule has 0 aliphatic heterocycles. The zero-order chi connectivity index (χ0) is 56.0. The van der Waals surface area contributed by atoms with Crippen molar-refractivity contribution in [1.82, 2.24) is 42.5 Å². The van der Waals surface area contributed by atoms with Gasteiger partial charge >= 0.3 is 5.97 Å². The van der Waals surface area contributed by atoms with E-state index in [1.54, 1.807) is 37.3 Å². The third-order valence-corrected chi connectivity index (χ3v) is 10.9. The highest BCUT2D eigenvalue weighted by Crippen LogP contribution is 2.12. The maximum Gasteiger partial charge on any atom is 0.326 e. The monoisotopic (exact) mass is 1040 g/mol. The van der Waals surface area contributed by atoms with E-state index in [1.165, 1.54) is 20.8 Å². The van der Waals surface area contributed by atoms with Gasteiger partial charge in [0, 0.05) is 0 Å². The molecular weight excluding hydrogens is 967 g/mol. The van der Waals surface area contributed by atoms with Crippen molar-refractivity contribution < 1.29 is 77.6 Å². The molecule has 29 nitrogen and oxygen atoms in total. The van der Waals surface area contributed by atoms with E-state index in [2.05, 4.69) is 37.2 Å². The molecule has 0 unspecified atom stereocenters. The summed E-state index contributed by atoms with van der Waals surface area (Å²) in [5, 5.41) is 47.9. The molecule has 1 aromatic carbocycles. The molecule has 0 aromatic heterocycles. The molecule has 1 rings (SSSR count). The molecule has 12 amide bonds. The van der Waals surface area contributed by atoms with Crippen LogP contribution in [-0.4, -0.2) is 159 Å². The number of primary amides is 4. The zero-order valence-electron chi connectivity index (χ0n) is 41.2. The molecule has 0 aliphatic rings. The average molecular weight is 1040 g/mol. The second-order valence-electron chi connectivity index (χ2n) is 17.6. The Morgan fingerprint density at radius 2 is 0.767 bits per heavy atom. The van der Waals surface area contributed by atoms with Crippen molar-refractivity contribution >= 4 is 76.9 Å². The van der Waals surface area contributed by atoms with Gasteiger partial charge in [0.25, 0.3) is 0 Å². The van der Waals surface area contributed by atoms with Crippen molar-refractivity contribution in [2.45, 2.75) is 147 Å². The predicted molar refractivity (Wildman–Crippen MR) is 254 cm³/mol. The number of carboxylic acids is 1. The van der Waals surface area contributed by atoms with Gasteiger partial charge in [0.1, 0.15) is 48.3 Å². The summed E-state index contributed by atoms with van der Waals surface area (Å²) in [6.07, 6.45) is -6.66. The van der Waals surface area contributed by atoms with Gasteiger partial charge in [0.15, 0.2) is 0 Å². The highest BCUT2D eigenvalue weighted by molar-refractivity contribution is 6.01. The number of carboxylic acid groups (broad SMARTS) is 1. The lowest BCUT2D eigenvalue weighted by molar-refractivity contribution is -0.144. The number of aliphatic hydroxyl groups excluding tert-OH is 2. The van der Waals surface area contributed by atoms with Gasteiger partial charge in [-0.15, -0.1) is 0 Å². The van der Waals surface area contributed by atoms with Crippen molar-refractivity contribution in [3.63, 3.8) is 0 Å². The highest BCUT2D eigenvalue weighted by atomic mass is 16.4. The summed E-state index contributed by atoms with van der Waals surface area (Å²) >= 11 is 0. The Morgan fingerprint density at radius 1 is 0.452 bits per heavy atom. The molecule has 0 spiro atoms. The van der Waals surface area contributed by atoms with Crippen LogP contribution in [0, 0.1) is 11.8 Å². The average Bonchev–Trinajstić information content (AvgIpc) is 3.28. The Bertz CT molecular complexity index is 2180. The topological polar surface area (TPSA) is 509 Å². The summed E-state index contributed by atoms with van der Waals surface area (Å²) in [7, 11) is 0. The highest BCUT2D eigenvalue weighted by Gasteiger charge is 2.39. The molecular formula is C44H69N13O16. The van der Waals surface area contributed by atoms with Crippen LogP contribution < -0.4 is 71.2 Å². The minimum absolute atomic E-state index is 0.0533. The normalized spacial score (nSPS) is 16.0. The lowest BCUT2D eigenvalue weighted by atomic mass is 9.96. The Balaban J connectivity index is 3.39. The molecule has 0 heterocycles. The number of carbonyl (C=O) groups is 13. The van der Waals surface area contributed by atoms with E-state index < -0.39 is 181 Å². The van der Waals surface area contributed by atoms with E-state index in [0.29, 0.717) is 5.56 Å². The Hall–Kier alpha value is -7.79. The van der Waals surface area contributed by atoms with E-state index in [-0.39, 0.29) is 12.8 Å². The van der Waals surface area contributed by atoms with Gasteiger partial charge in [0.05, 0.1) is 43.9 Å². The summed E-state index contributed by atoms with van der Waals surface area (Å²) < 4.78 is 0. The quantitative estimate of drug-likeness (QED) is 0.0319. The molecule has 12 atom stereocenters. The molecule has 29 heteroatoms. The lowest BCUT2D eigenvalue weighted by Gasteiger charge is -2.30. The first kappa shape index (κ1) is 63.2. The number of hydrogen-bond donors (Lipinski definition) is 16. The molecule has 0 aliphatic carbocycles. The Morgan fingerprint density at radius 3 is 1.14 bits per heavy atom. The van der Waals surface area contributed by atoms with Gasteiger partial charge in [-0.05, 0) is 37.7 Å². The smallest absolute Gasteiger partial charge is 0.326 e. The molecule has 1 aromatic rings. The number of nitrogens with one attached hydrogen (secondary N) is 8. The third kappa shape index (κ3) is 22.0. The minimum atomic E-state index is -1.94. The summed E-state index contributed by atoms with van der Waals surface area (Å²) in [6.45, 7) is 8.13. The number of amides is 12. The lowest BCUT2D eigenvalue weighted by Crippen LogP contribution is -2.63. The van der Waals surface area contributed by atoms with E-state index in [0.717, 1.165) is 13.8 Å². The minimum Gasteiger partial charge on any atom is -0.480 e. The fourth-order valence-corrected chi connectivity index (χ4v) is 6.71. The summed E-state index contributed by atoms with van der Waals surface area (Å²) in [5.74, 6) is -17.2. The molecule has 0 radical (unpaired) electrons. The van der Waals surface area contributed by atoms with Crippen LogP contribution in [0.3, 0.4) is 0 Å². The largest absolute Gasteiger partial charge is 0.480 e. The van der Waals surface area contributed by atoms with Crippen molar-refractivity contribution in [2.75, 3.05) is 0 Å². The zero-order valence-corrected chi connectivity index (χ0v) is 41.2. The standard InChI is InChI=1S/C44H69N13O16/c1-7-19(4)33(55-39(67)26(16-30(48)62)52-42(70)34(20(5)58)56-36(64)23(45)13-22-11-9-8-10-12-22)41(69)51-24(14-28(46)60)37(65)50-25(15-29(47)61)38(66)54-32(18(2)3)40(68)57-35(21(6)59)43(71)53-27(44(72)73)17-31(49)63/h8-12,18-21,23-27,32-35,58-59H,7,13-17,45H2,1-6H3,(H2,46,60)(H2,47,61)(H2,48,62)(H2,49,63)(H,50,65)(H,51,69)(H,52,70)(H,53,71)(H,54,66)(H,55,67)(H,56,64)(H,57,68)(H,72,73)/t19-,20+,21+,23-,24-,25-,26-,27-,32-,33-,34-,35-/m0/s1. The third-order valence-electron chi connectivity index (χ3n) is 10.9. The van der Waals surface area contributed by atoms with E-state index >= 15 is 0 Å². The van der Waals surface area contributed by atoms with Crippen LogP contribution in [0.5, 0.6) is 0 Å². The van der Waals surface area contributed by atoms with Crippen LogP contribution in [0.15, 0.2) is 30.3 Å². The summed E-state index contributed by atoms with van der Waals surface area (Å²) in [5.41, 5.74) is 27.9. The second-order valence-corrected chi connectivity index (χ2v) is 17.6. The number of nitrogens with two attached hydrogens (primary N) is 5. The van der Waals surface area contributed by atoms with Crippen molar-refractivity contribution in [3.05, 3.63) is 35.9 Å². The molecule has 0 fully saturated rings. The van der Waals surface area contributed by atoms with Crippen LogP contribution in [-0.2, 0) is 68.7 Å². The maximum absolute atomic E-state index is 13.9. The van der Waals surface area contributed by atoms with Gasteiger partial charge < -0.3 is 86.5 Å². The Labute approximate surface area is 419 Å². The number of rotatable bonds is 32. The SMILES string of the molecule is CC[C@H](C)[C@H](NC(=O)[C@H](CC(N)=O)NC(=O)[C@@H](NC(=O)[C@@H](N)Cc1ccccc1)[C@@H](C)O)C(=O)N[C@@H](CC(N)=O)C(=O)N[C@@H](CC(N)=O)C(=O)N[C@H](C(=O)N[C@H](C(=O)N[C@@H](CC(N)=O)C(=O)O)[C@@H](C)O)C(C)C. The first-order valence-electron chi connectivity index (χ1n) is 22.8. The molecule has 0 bridgehead atoms.